The predicted molar refractivity (Wildman–Crippen MR) is 106 cm³/mol. The van der Waals surface area contributed by atoms with E-state index in [4.69, 9.17) is 9.47 Å². The van der Waals surface area contributed by atoms with E-state index in [1.165, 1.54) is 0 Å². The van der Waals surface area contributed by atoms with Crippen LogP contribution in [0.25, 0.3) is 10.9 Å². The van der Waals surface area contributed by atoms with E-state index in [2.05, 4.69) is 24.1 Å². The summed E-state index contributed by atoms with van der Waals surface area (Å²) in [5.74, 6) is 1.02. The Kier molecular flexibility index (Phi) is 5.93. The summed E-state index contributed by atoms with van der Waals surface area (Å²) >= 11 is 0. The smallest absolute Gasteiger partial charge is 0.302 e. The molecule has 0 bridgehead atoms. The van der Waals surface area contributed by atoms with Gasteiger partial charge in [0.15, 0.2) is 12.3 Å². The Balaban J connectivity index is 1.75. The van der Waals surface area contributed by atoms with Crippen molar-refractivity contribution >= 4 is 22.5 Å². The Labute approximate surface area is 163 Å². The molecule has 2 aromatic carbocycles. The summed E-state index contributed by atoms with van der Waals surface area (Å²) in [6, 6.07) is 14.4. The lowest BCUT2D eigenvalue weighted by Gasteiger charge is -2.09. The quantitative estimate of drug-likeness (QED) is 0.601. The first-order chi connectivity index (χ1) is 13.5. The van der Waals surface area contributed by atoms with Gasteiger partial charge >= 0.3 is 5.91 Å². The lowest BCUT2D eigenvalue weighted by molar-refractivity contribution is -0.120. The zero-order chi connectivity index (χ0) is 20.1. The minimum atomic E-state index is -0.545. The van der Waals surface area contributed by atoms with Crippen molar-refractivity contribution in [1.82, 2.24) is 4.57 Å². The molecule has 0 spiro atoms. The number of rotatable bonds is 7. The monoisotopic (exact) mass is 381 g/mol. The molecule has 146 valence electrons. The first kappa shape index (κ1) is 19.4. The summed E-state index contributed by atoms with van der Waals surface area (Å²) in [5.41, 5.74) is 1.14. The van der Waals surface area contributed by atoms with Gasteiger partial charge in [-0.1, -0.05) is 32.0 Å². The number of hydrogen-bond acceptors (Lipinski definition) is 5. The molecule has 3 rings (SSSR count). The first-order valence-corrected chi connectivity index (χ1v) is 9.01. The van der Waals surface area contributed by atoms with Crippen molar-refractivity contribution in [2.24, 2.45) is 16.1 Å². The van der Waals surface area contributed by atoms with Crippen LogP contribution in [0.4, 0.5) is 5.69 Å². The second kappa shape index (κ2) is 8.56. The number of hydrogen-bond donors (Lipinski definition) is 1. The zero-order valence-electron chi connectivity index (χ0n) is 16.1. The molecule has 0 aliphatic heterocycles. The Morgan fingerprint density at radius 2 is 1.79 bits per heavy atom. The molecule has 0 aliphatic rings. The molecule has 0 unspecified atom stereocenters. The molecule has 3 aromatic rings. The molecular formula is C21H23N3O4. The molecule has 1 aromatic heterocycles. The number of benzene rings is 2. The Hall–Kier alpha value is -3.35. The summed E-state index contributed by atoms with van der Waals surface area (Å²) < 4.78 is 12.3. The normalized spacial score (nSPS) is 11.4. The van der Waals surface area contributed by atoms with Crippen molar-refractivity contribution in [3.63, 3.8) is 0 Å². The van der Waals surface area contributed by atoms with E-state index in [0.29, 0.717) is 24.0 Å². The van der Waals surface area contributed by atoms with Crippen molar-refractivity contribution in [1.29, 1.82) is 0 Å². The van der Waals surface area contributed by atoms with E-state index in [-0.39, 0.29) is 18.2 Å². The SMILES string of the molecule is COc1ccc(OCC(=O)N=Nc2c(O)n(CC(C)C)c3ccccc23)cc1. The molecule has 1 heterocycles. The number of carbonyl (C=O) groups excluding carboxylic acids is 1. The van der Waals surface area contributed by atoms with Crippen molar-refractivity contribution in [2.75, 3.05) is 13.7 Å². The number of aromatic nitrogens is 1. The molecule has 0 atom stereocenters. The van der Waals surface area contributed by atoms with Gasteiger partial charge in [-0.3, -0.25) is 4.79 Å². The van der Waals surface area contributed by atoms with Crippen LogP contribution in [0.3, 0.4) is 0 Å². The topological polar surface area (TPSA) is 85.4 Å². The number of azo groups is 1. The summed E-state index contributed by atoms with van der Waals surface area (Å²) in [6.07, 6.45) is 0. The predicted octanol–water partition coefficient (Wildman–Crippen LogP) is 4.70. The number of para-hydroxylation sites is 1. The fraction of sp³-hybridized carbons (Fsp3) is 0.286. The van der Waals surface area contributed by atoms with E-state index in [1.54, 1.807) is 35.9 Å². The zero-order valence-corrected chi connectivity index (χ0v) is 16.1. The fourth-order valence-corrected chi connectivity index (χ4v) is 2.87. The average Bonchev–Trinajstić information content (AvgIpc) is 2.96. The van der Waals surface area contributed by atoms with E-state index in [1.807, 2.05) is 24.3 Å². The summed E-state index contributed by atoms with van der Waals surface area (Å²) in [5, 5.41) is 19.0. The minimum absolute atomic E-state index is 0.00234. The van der Waals surface area contributed by atoms with Crippen LogP contribution in [-0.4, -0.2) is 29.3 Å². The number of methoxy groups -OCH3 is 1. The highest BCUT2D eigenvalue weighted by molar-refractivity contribution is 5.95. The molecule has 7 heteroatoms. The number of nitrogens with zero attached hydrogens (tertiary/aromatic N) is 3. The molecule has 0 saturated heterocycles. The second-order valence-corrected chi connectivity index (χ2v) is 6.75. The van der Waals surface area contributed by atoms with Gasteiger partial charge in [0, 0.05) is 11.9 Å². The van der Waals surface area contributed by atoms with Gasteiger partial charge in [-0.05, 0) is 36.2 Å². The van der Waals surface area contributed by atoms with Crippen LogP contribution < -0.4 is 9.47 Å². The Bertz CT molecular complexity index is 991. The van der Waals surface area contributed by atoms with E-state index >= 15 is 0 Å². The molecular weight excluding hydrogens is 358 g/mol. The molecule has 1 amide bonds. The van der Waals surface area contributed by atoms with Crippen LogP contribution in [0.1, 0.15) is 13.8 Å². The fourth-order valence-electron chi connectivity index (χ4n) is 2.87. The molecule has 7 nitrogen and oxygen atoms in total. The summed E-state index contributed by atoms with van der Waals surface area (Å²) in [6.45, 7) is 4.52. The highest BCUT2D eigenvalue weighted by atomic mass is 16.5. The van der Waals surface area contributed by atoms with Gasteiger partial charge < -0.3 is 19.1 Å². The van der Waals surface area contributed by atoms with E-state index in [9.17, 15) is 9.90 Å². The summed E-state index contributed by atoms with van der Waals surface area (Å²) in [7, 11) is 1.58. The van der Waals surface area contributed by atoms with Gasteiger partial charge in [0.1, 0.15) is 11.5 Å². The van der Waals surface area contributed by atoms with Gasteiger partial charge in [-0.2, -0.15) is 0 Å². The van der Waals surface area contributed by atoms with Crippen molar-refractivity contribution in [3.8, 4) is 17.4 Å². The molecule has 0 radical (unpaired) electrons. The van der Waals surface area contributed by atoms with Gasteiger partial charge in [0.05, 0.1) is 12.6 Å². The molecule has 1 N–H and O–H groups in total. The average molecular weight is 381 g/mol. The van der Waals surface area contributed by atoms with Crippen LogP contribution in [0.2, 0.25) is 0 Å². The third-order valence-electron chi connectivity index (χ3n) is 4.15. The standard InChI is InChI=1S/C21H23N3O4/c1-14(2)12-24-18-7-5-4-6-17(18)20(21(24)26)23-22-19(25)13-28-16-10-8-15(27-3)9-11-16/h4-11,14,26H,12-13H2,1-3H3. The highest BCUT2D eigenvalue weighted by Crippen LogP contribution is 2.39. The van der Waals surface area contributed by atoms with Gasteiger partial charge in [-0.15, -0.1) is 10.2 Å². The maximum Gasteiger partial charge on any atom is 0.302 e. The van der Waals surface area contributed by atoms with Crippen LogP contribution in [0.15, 0.2) is 58.8 Å². The lowest BCUT2D eigenvalue weighted by Crippen LogP contribution is -2.07. The Morgan fingerprint density at radius 1 is 1.11 bits per heavy atom. The maximum atomic E-state index is 12.0. The van der Waals surface area contributed by atoms with Crippen molar-refractivity contribution < 1.29 is 19.4 Å². The Morgan fingerprint density at radius 3 is 2.46 bits per heavy atom. The van der Waals surface area contributed by atoms with Crippen LogP contribution in [-0.2, 0) is 11.3 Å². The molecule has 0 fully saturated rings. The number of ether oxygens (including phenoxy) is 2. The van der Waals surface area contributed by atoms with Crippen LogP contribution in [0, 0.1) is 5.92 Å². The largest absolute Gasteiger partial charge is 0.497 e. The lowest BCUT2D eigenvalue weighted by atomic mass is 10.2. The first-order valence-electron chi connectivity index (χ1n) is 9.01. The number of aromatic hydroxyl groups is 1. The minimum Gasteiger partial charge on any atom is -0.497 e. The number of fused-ring (bicyclic) bond motifs is 1. The molecule has 28 heavy (non-hydrogen) atoms. The van der Waals surface area contributed by atoms with E-state index in [0.717, 1.165) is 10.9 Å². The second-order valence-electron chi connectivity index (χ2n) is 6.75. The third-order valence-corrected chi connectivity index (χ3v) is 4.15. The number of amides is 1. The molecule has 0 saturated carbocycles. The molecule has 0 aliphatic carbocycles. The summed E-state index contributed by atoms with van der Waals surface area (Å²) in [4.78, 5) is 12.0. The van der Waals surface area contributed by atoms with Crippen LogP contribution in [0.5, 0.6) is 17.4 Å². The highest BCUT2D eigenvalue weighted by Gasteiger charge is 2.17. The number of carbonyl (C=O) groups is 1. The maximum absolute atomic E-state index is 12.0. The van der Waals surface area contributed by atoms with Gasteiger partial charge in [0.25, 0.3) is 0 Å². The van der Waals surface area contributed by atoms with Crippen molar-refractivity contribution in [2.45, 2.75) is 20.4 Å². The van der Waals surface area contributed by atoms with E-state index < -0.39 is 5.91 Å². The van der Waals surface area contributed by atoms with Crippen LogP contribution >= 0.6 is 0 Å². The third kappa shape index (κ3) is 4.31. The van der Waals surface area contributed by atoms with Gasteiger partial charge in [-0.25, -0.2) is 0 Å². The van der Waals surface area contributed by atoms with Crippen molar-refractivity contribution in [3.05, 3.63) is 48.5 Å². The van der Waals surface area contributed by atoms with Gasteiger partial charge in [0.2, 0.25) is 5.88 Å².